The predicted molar refractivity (Wildman–Crippen MR) is 158 cm³/mol. The number of carbonyl (C=O) groups excluding carboxylic acids is 2. The Hall–Kier alpha value is -4.72. The Bertz CT molecular complexity index is 1850. The molecule has 0 bridgehead atoms. The zero-order valence-corrected chi connectivity index (χ0v) is 25.3. The third-order valence-corrected chi connectivity index (χ3v) is 7.99. The summed E-state index contributed by atoms with van der Waals surface area (Å²) in [6.07, 6.45) is -4.71. The summed E-state index contributed by atoms with van der Waals surface area (Å²) in [5, 5.41) is 9.52. The molecular weight excluding hydrogens is 618 g/mol. The lowest BCUT2D eigenvalue weighted by molar-refractivity contribution is -0.137. The highest BCUT2D eigenvalue weighted by Gasteiger charge is 2.36. The molecule has 10 nitrogen and oxygen atoms in total. The number of carbonyl (C=O) groups is 2. The molecular formula is C30H28ClF4N7O3. The number of fused-ring (bicyclic) bond motifs is 1. The van der Waals surface area contributed by atoms with Crippen LogP contribution in [0.1, 0.15) is 63.1 Å². The van der Waals surface area contributed by atoms with Crippen molar-refractivity contribution < 1.29 is 27.2 Å². The van der Waals surface area contributed by atoms with Crippen LogP contribution in [0.3, 0.4) is 0 Å². The maximum absolute atomic E-state index is 14.1. The minimum Gasteiger partial charge on any atom is -0.354 e. The topological polar surface area (TPSA) is 114 Å². The number of amides is 2. The second-order valence-electron chi connectivity index (χ2n) is 10.7. The highest BCUT2D eigenvalue weighted by molar-refractivity contribution is 6.31. The third-order valence-electron chi connectivity index (χ3n) is 7.66. The van der Waals surface area contributed by atoms with E-state index in [1.54, 1.807) is 33.0 Å². The number of anilines is 1. The van der Waals surface area contributed by atoms with Crippen molar-refractivity contribution in [1.29, 1.82) is 0 Å². The van der Waals surface area contributed by atoms with Crippen molar-refractivity contribution in [2.75, 3.05) is 12.4 Å². The van der Waals surface area contributed by atoms with Crippen LogP contribution in [-0.2, 0) is 26.2 Å². The molecule has 0 saturated heterocycles. The highest BCUT2D eigenvalue weighted by atomic mass is 35.5. The normalized spacial score (nSPS) is 15.4. The summed E-state index contributed by atoms with van der Waals surface area (Å²) in [6.45, 7) is 3.29. The second kappa shape index (κ2) is 12.0. The van der Waals surface area contributed by atoms with Gasteiger partial charge in [0.25, 0.3) is 17.4 Å². The molecule has 2 amide bonds. The Balaban J connectivity index is 1.59. The Morgan fingerprint density at radius 3 is 2.44 bits per heavy atom. The molecule has 0 saturated carbocycles. The van der Waals surface area contributed by atoms with Crippen molar-refractivity contribution in [3.05, 3.63) is 103 Å². The summed E-state index contributed by atoms with van der Waals surface area (Å²) < 4.78 is 56.6. The second-order valence-corrected chi connectivity index (χ2v) is 11.1. The van der Waals surface area contributed by atoms with Gasteiger partial charge in [0.05, 0.1) is 28.9 Å². The molecule has 5 rings (SSSR count). The molecule has 3 heterocycles. The van der Waals surface area contributed by atoms with Gasteiger partial charge in [0.15, 0.2) is 5.82 Å². The van der Waals surface area contributed by atoms with Crippen LogP contribution in [0.5, 0.6) is 0 Å². The van der Waals surface area contributed by atoms with Gasteiger partial charge in [0.2, 0.25) is 5.95 Å². The van der Waals surface area contributed by atoms with Crippen molar-refractivity contribution in [1.82, 2.24) is 29.5 Å². The lowest BCUT2D eigenvalue weighted by Gasteiger charge is -2.35. The van der Waals surface area contributed by atoms with Crippen molar-refractivity contribution in [2.45, 2.75) is 45.1 Å². The molecule has 0 aliphatic carbocycles. The number of aryl methyl sites for hydroxylation is 1. The largest absolute Gasteiger partial charge is 0.417 e. The van der Waals surface area contributed by atoms with E-state index < -0.39 is 52.0 Å². The fourth-order valence-corrected chi connectivity index (χ4v) is 5.44. The number of halogens is 5. The van der Waals surface area contributed by atoms with Crippen LogP contribution < -0.4 is 16.2 Å². The van der Waals surface area contributed by atoms with Crippen LogP contribution >= 0.6 is 11.6 Å². The number of hydrogen-bond donors (Lipinski definition) is 2. The van der Waals surface area contributed by atoms with Gasteiger partial charge in [-0.25, -0.2) is 13.9 Å². The van der Waals surface area contributed by atoms with Crippen LogP contribution in [0.4, 0.5) is 23.5 Å². The minimum atomic E-state index is -4.76. The first-order valence-electron chi connectivity index (χ1n) is 13.8. The molecule has 236 valence electrons. The molecule has 2 aromatic carbocycles. The van der Waals surface area contributed by atoms with E-state index in [4.69, 9.17) is 16.6 Å². The van der Waals surface area contributed by atoms with Crippen molar-refractivity contribution in [3.8, 4) is 5.82 Å². The zero-order chi connectivity index (χ0) is 32.8. The van der Waals surface area contributed by atoms with E-state index in [9.17, 15) is 31.9 Å². The fraction of sp³-hybridized carbons (Fsp3) is 0.300. The molecule has 45 heavy (non-hydrogen) atoms. The minimum absolute atomic E-state index is 0.0323. The van der Waals surface area contributed by atoms with E-state index in [1.165, 1.54) is 45.5 Å². The first-order chi connectivity index (χ1) is 21.2. The molecule has 0 spiro atoms. The quantitative estimate of drug-likeness (QED) is 0.289. The first kappa shape index (κ1) is 31.7. The number of nitrogens with one attached hydrogen (secondary N) is 2. The first-order valence-corrected chi connectivity index (χ1v) is 14.2. The molecule has 1 aliphatic rings. The Labute approximate surface area is 259 Å². The number of nitrogens with zero attached hydrogens (tertiary/aromatic N) is 5. The molecule has 0 fully saturated rings. The SMILES string of the molecule is CNC(=O)c1cc(-n2c(N[C@@H](C)c3ccc(F)cc3)nc3c(c2=O)C[C@@H](C)N(C(=O)c2ccc(Cl)c(C(F)(F)F)c2)C3)nn1C. The van der Waals surface area contributed by atoms with E-state index in [2.05, 4.69) is 15.7 Å². The monoisotopic (exact) mass is 645 g/mol. The molecule has 1 aliphatic heterocycles. The standard InChI is InChI=1S/C30H28ClF4N7O3/c1-15-11-20-23(14-41(15)27(44)18-7-10-22(31)21(12-18)30(33,34)35)38-29(37-16(2)17-5-8-19(32)9-6-17)42(28(20)45)25-13-24(26(43)36-3)40(4)39-25/h5-10,12-13,15-16H,11,14H2,1-4H3,(H,36,43)(H,37,38)/t15-,16+/m1/s1. The van der Waals surface area contributed by atoms with Gasteiger partial charge in [-0.3, -0.25) is 19.1 Å². The van der Waals surface area contributed by atoms with E-state index in [0.717, 1.165) is 6.07 Å². The summed E-state index contributed by atoms with van der Waals surface area (Å²) in [5.41, 5.74) is -0.464. The van der Waals surface area contributed by atoms with Gasteiger partial charge in [-0.2, -0.15) is 18.3 Å². The lowest BCUT2D eigenvalue weighted by atomic mass is 9.98. The number of alkyl halides is 3. The zero-order valence-electron chi connectivity index (χ0n) is 24.5. The van der Waals surface area contributed by atoms with E-state index in [-0.39, 0.29) is 47.2 Å². The van der Waals surface area contributed by atoms with Crippen LogP contribution in [0.15, 0.2) is 53.3 Å². The molecule has 4 aromatic rings. The molecule has 2 aromatic heterocycles. The maximum atomic E-state index is 14.1. The molecule has 2 atom stereocenters. The van der Waals surface area contributed by atoms with Gasteiger partial charge < -0.3 is 15.5 Å². The van der Waals surface area contributed by atoms with Gasteiger partial charge in [-0.05, 0) is 56.2 Å². The summed E-state index contributed by atoms with van der Waals surface area (Å²) in [6, 6.07) is 9.04. The fourth-order valence-electron chi connectivity index (χ4n) is 5.21. The van der Waals surface area contributed by atoms with Crippen LogP contribution in [0, 0.1) is 5.82 Å². The maximum Gasteiger partial charge on any atom is 0.417 e. The molecule has 15 heteroatoms. The van der Waals surface area contributed by atoms with Gasteiger partial charge in [-0.15, -0.1) is 0 Å². The van der Waals surface area contributed by atoms with Crippen molar-refractivity contribution >= 4 is 29.4 Å². The highest BCUT2D eigenvalue weighted by Crippen LogP contribution is 2.36. The van der Waals surface area contributed by atoms with Crippen molar-refractivity contribution in [2.24, 2.45) is 7.05 Å². The molecule has 2 N–H and O–H groups in total. The van der Waals surface area contributed by atoms with Gasteiger partial charge in [0.1, 0.15) is 11.5 Å². The summed E-state index contributed by atoms with van der Waals surface area (Å²) >= 11 is 5.75. The van der Waals surface area contributed by atoms with E-state index in [1.807, 2.05) is 0 Å². The summed E-state index contributed by atoms with van der Waals surface area (Å²) in [7, 11) is 3.01. The Morgan fingerprint density at radius 2 is 1.80 bits per heavy atom. The average Bonchev–Trinajstić information content (AvgIpc) is 3.37. The van der Waals surface area contributed by atoms with E-state index >= 15 is 0 Å². The van der Waals surface area contributed by atoms with Gasteiger partial charge in [0, 0.05) is 37.3 Å². The smallest absolute Gasteiger partial charge is 0.354 e. The van der Waals surface area contributed by atoms with Crippen LogP contribution in [-0.4, -0.2) is 49.1 Å². The van der Waals surface area contributed by atoms with Crippen LogP contribution in [0.25, 0.3) is 5.82 Å². The Morgan fingerprint density at radius 1 is 1.11 bits per heavy atom. The van der Waals surface area contributed by atoms with E-state index in [0.29, 0.717) is 11.6 Å². The average molecular weight is 646 g/mol. The molecule has 0 radical (unpaired) electrons. The van der Waals surface area contributed by atoms with Gasteiger partial charge >= 0.3 is 6.18 Å². The number of rotatable bonds is 6. The predicted octanol–water partition coefficient (Wildman–Crippen LogP) is 4.90. The van der Waals surface area contributed by atoms with Crippen LogP contribution in [0.2, 0.25) is 5.02 Å². The number of hydrogen-bond acceptors (Lipinski definition) is 6. The third kappa shape index (κ3) is 6.14. The summed E-state index contributed by atoms with van der Waals surface area (Å²) in [5.74, 6) is -1.40. The Kier molecular flexibility index (Phi) is 8.45. The molecule has 0 unspecified atom stereocenters. The number of benzene rings is 2. The summed E-state index contributed by atoms with van der Waals surface area (Å²) in [4.78, 5) is 46.0. The van der Waals surface area contributed by atoms with Gasteiger partial charge in [-0.1, -0.05) is 23.7 Å². The number of aromatic nitrogens is 4. The van der Waals surface area contributed by atoms with Crippen molar-refractivity contribution in [3.63, 3.8) is 0 Å². The lowest BCUT2D eigenvalue weighted by Crippen LogP contribution is -2.46.